The van der Waals surface area contributed by atoms with Crippen LogP contribution in [0.25, 0.3) is 45.0 Å². The first-order valence-electron chi connectivity index (χ1n) is 9.23. The van der Waals surface area contributed by atoms with Crippen LogP contribution in [0.5, 0.6) is 0 Å². The van der Waals surface area contributed by atoms with Gasteiger partial charge in [-0.3, -0.25) is 9.54 Å². The van der Waals surface area contributed by atoms with Crippen molar-refractivity contribution in [1.82, 2.24) is 14.5 Å². The number of hydrogen-bond donors (Lipinski definition) is 1. The number of benzene rings is 2. The summed E-state index contributed by atoms with van der Waals surface area (Å²) in [5, 5.41) is 2.05. The molecular weight excluding hydrogens is 591 g/mol. The van der Waals surface area contributed by atoms with E-state index in [1.807, 2.05) is 12.1 Å². The van der Waals surface area contributed by atoms with E-state index in [2.05, 4.69) is 59.1 Å². The van der Waals surface area contributed by atoms with Crippen molar-refractivity contribution in [1.29, 1.82) is 0 Å². The van der Waals surface area contributed by atoms with Crippen LogP contribution in [-0.2, 0) is 37.3 Å². The van der Waals surface area contributed by atoms with E-state index in [9.17, 15) is 8.42 Å². The largest absolute Gasteiger partial charge is 0.390 e. The molecule has 2 aromatic carbocycles. The third kappa shape index (κ3) is 3.58. The molecule has 0 spiro atoms. The Kier molecular flexibility index (Phi) is 5.49. The molecule has 0 fully saturated rings. The Labute approximate surface area is 192 Å². The fraction of sp³-hybridized carbons (Fsp3) is 0.0435. The molecule has 157 valence electrons. The van der Waals surface area contributed by atoms with Gasteiger partial charge in [-0.05, 0) is 34.8 Å². The predicted molar refractivity (Wildman–Crippen MR) is 118 cm³/mol. The predicted octanol–water partition coefficient (Wildman–Crippen LogP) is 4.49. The Bertz CT molecular complexity index is 1580. The van der Waals surface area contributed by atoms with Crippen LogP contribution in [-0.4, -0.2) is 27.5 Å². The summed E-state index contributed by atoms with van der Waals surface area (Å²) in [6.45, 7) is 0. The maximum atomic E-state index is 10.3. The summed E-state index contributed by atoms with van der Waals surface area (Å²) in [5.41, 5.74) is 7.06. The van der Waals surface area contributed by atoms with Crippen LogP contribution in [0.1, 0.15) is 11.1 Å². The van der Waals surface area contributed by atoms with Gasteiger partial charge in [0.1, 0.15) is 0 Å². The molecule has 3 heterocycles. The SMILES string of the molecule is Cn1c2ccc[c-]c2c2nc3cccc4c3c(c21)C=C4.O=S(=O)(O)c1ccccn1.[Ir]. The van der Waals surface area contributed by atoms with Crippen LogP contribution in [0.15, 0.2) is 65.8 Å². The van der Waals surface area contributed by atoms with Crippen molar-refractivity contribution in [2.75, 3.05) is 0 Å². The minimum absolute atomic E-state index is 0. The van der Waals surface area contributed by atoms with E-state index in [-0.39, 0.29) is 25.1 Å². The number of aryl methyl sites for hydroxylation is 1. The molecule has 8 heteroatoms. The summed E-state index contributed by atoms with van der Waals surface area (Å²) in [6, 6.07) is 20.0. The fourth-order valence-corrected chi connectivity index (χ4v) is 4.31. The van der Waals surface area contributed by atoms with Crippen molar-refractivity contribution in [3.63, 3.8) is 0 Å². The summed E-state index contributed by atoms with van der Waals surface area (Å²) >= 11 is 0. The fourth-order valence-electron chi connectivity index (χ4n) is 3.87. The molecular formula is C23H16IrN3O3S-. The quantitative estimate of drug-likeness (QED) is 0.220. The first kappa shape index (κ1) is 21.3. The van der Waals surface area contributed by atoms with Crippen molar-refractivity contribution in [3.8, 4) is 0 Å². The van der Waals surface area contributed by atoms with Gasteiger partial charge in [0.15, 0.2) is 5.03 Å². The number of hydrogen-bond acceptors (Lipinski definition) is 4. The van der Waals surface area contributed by atoms with Crippen LogP contribution in [0, 0.1) is 6.07 Å². The number of nitrogens with zero attached hydrogens (tertiary/aromatic N) is 3. The third-order valence-electron chi connectivity index (χ3n) is 5.16. The van der Waals surface area contributed by atoms with Gasteiger partial charge >= 0.3 is 10.1 Å². The van der Waals surface area contributed by atoms with Crippen LogP contribution in [0.2, 0.25) is 0 Å². The summed E-state index contributed by atoms with van der Waals surface area (Å²) in [5.74, 6) is 0. The first-order chi connectivity index (χ1) is 14.4. The summed E-state index contributed by atoms with van der Waals surface area (Å²) in [4.78, 5) is 8.31. The summed E-state index contributed by atoms with van der Waals surface area (Å²) < 4.78 is 31.3. The second-order valence-electron chi connectivity index (χ2n) is 6.93. The van der Waals surface area contributed by atoms with Crippen molar-refractivity contribution in [2.24, 2.45) is 7.05 Å². The van der Waals surface area contributed by atoms with Gasteiger partial charge in [0, 0.05) is 49.8 Å². The van der Waals surface area contributed by atoms with E-state index < -0.39 is 10.1 Å². The topological polar surface area (TPSA) is 85.1 Å². The van der Waals surface area contributed by atoms with Crippen molar-refractivity contribution in [3.05, 3.63) is 78.0 Å². The molecule has 0 unspecified atom stereocenters. The van der Waals surface area contributed by atoms with Crippen LogP contribution in [0.4, 0.5) is 0 Å². The van der Waals surface area contributed by atoms with Gasteiger partial charge in [-0.25, -0.2) is 4.98 Å². The van der Waals surface area contributed by atoms with Gasteiger partial charge in [-0.2, -0.15) is 8.42 Å². The third-order valence-corrected chi connectivity index (χ3v) is 5.93. The molecule has 0 amide bonds. The maximum Gasteiger partial charge on any atom is 0.312 e. The molecule has 1 aliphatic rings. The van der Waals surface area contributed by atoms with Gasteiger partial charge in [0.05, 0.1) is 5.52 Å². The molecule has 1 aliphatic carbocycles. The number of rotatable bonds is 1. The van der Waals surface area contributed by atoms with Gasteiger partial charge in [0.2, 0.25) is 0 Å². The second-order valence-corrected chi connectivity index (χ2v) is 8.30. The molecule has 1 N–H and O–H groups in total. The van der Waals surface area contributed by atoms with Gasteiger partial charge in [0.25, 0.3) is 0 Å². The maximum absolute atomic E-state index is 10.3. The van der Waals surface area contributed by atoms with E-state index in [4.69, 9.17) is 9.54 Å². The summed E-state index contributed by atoms with van der Waals surface area (Å²) in [6.07, 6.45) is 5.68. The van der Waals surface area contributed by atoms with Crippen LogP contribution in [0.3, 0.4) is 0 Å². The van der Waals surface area contributed by atoms with E-state index in [0.29, 0.717) is 0 Å². The molecule has 0 aliphatic heterocycles. The minimum atomic E-state index is -4.11. The van der Waals surface area contributed by atoms with Gasteiger partial charge in [-0.1, -0.05) is 35.7 Å². The van der Waals surface area contributed by atoms with Crippen molar-refractivity contribution in [2.45, 2.75) is 5.03 Å². The summed E-state index contributed by atoms with van der Waals surface area (Å²) in [7, 11) is -2.01. The molecule has 31 heavy (non-hydrogen) atoms. The van der Waals surface area contributed by atoms with E-state index in [0.717, 1.165) is 16.4 Å². The van der Waals surface area contributed by atoms with Crippen LogP contribution >= 0.6 is 0 Å². The van der Waals surface area contributed by atoms with E-state index in [1.165, 1.54) is 45.9 Å². The minimum Gasteiger partial charge on any atom is -0.390 e. The zero-order chi connectivity index (χ0) is 20.9. The molecule has 0 bridgehead atoms. The Morgan fingerprint density at radius 3 is 2.58 bits per heavy atom. The number of aromatic nitrogens is 3. The van der Waals surface area contributed by atoms with Crippen LogP contribution < -0.4 is 0 Å². The standard InChI is InChI=1S/C18H11N2.C5H5NO3S.Ir/c1-20-15-8-3-2-6-12(15)17-18(20)13-10-9-11-5-4-7-14(19-17)16(11)13;7-10(8,9)5-3-1-2-4-6-5;/h2-5,7-10H,1H3;1-4H,(H,7,8,9);/q-1;;. The second kappa shape index (κ2) is 7.98. The number of fused-ring (bicyclic) bond motifs is 4. The Balaban J connectivity index is 0.000000181. The average molecular weight is 607 g/mol. The molecule has 0 saturated heterocycles. The zero-order valence-electron chi connectivity index (χ0n) is 16.3. The number of pyridine rings is 2. The smallest absolute Gasteiger partial charge is 0.312 e. The Morgan fingerprint density at radius 2 is 1.87 bits per heavy atom. The Morgan fingerprint density at radius 1 is 1.03 bits per heavy atom. The molecule has 5 aromatic rings. The average Bonchev–Trinajstić information content (AvgIpc) is 3.30. The van der Waals surface area contributed by atoms with Gasteiger partial charge < -0.3 is 4.57 Å². The van der Waals surface area contributed by atoms with Gasteiger partial charge in [-0.15, -0.1) is 24.3 Å². The zero-order valence-corrected chi connectivity index (χ0v) is 19.5. The first-order valence-corrected chi connectivity index (χ1v) is 10.7. The molecule has 1 radical (unpaired) electrons. The molecule has 0 saturated carbocycles. The molecule has 3 aromatic heterocycles. The molecule has 0 atom stereocenters. The van der Waals surface area contributed by atoms with Crippen molar-refractivity contribution < 1.29 is 33.1 Å². The molecule has 6 nitrogen and oxygen atoms in total. The normalized spacial score (nSPS) is 12.1. The van der Waals surface area contributed by atoms with Crippen molar-refractivity contribution >= 4 is 55.1 Å². The van der Waals surface area contributed by atoms with E-state index >= 15 is 0 Å². The Hall–Kier alpha value is -2.90. The van der Waals surface area contributed by atoms with E-state index in [1.54, 1.807) is 6.07 Å². The molecule has 6 rings (SSSR count). The monoisotopic (exact) mass is 607 g/mol.